The van der Waals surface area contributed by atoms with E-state index in [0.29, 0.717) is 0 Å². The van der Waals surface area contributed by atoms with Gasteiger partial charge in [0.25, 0.3) is 0 Å². The van der Waals surface area contributed by atoms with Crippen molar-refractivity contribution in [3.05, 3.63) is 160 Å². The second kappa shape index (κ2) is 14.4. The van der Waals surface area contributed by atoms with Gasteiger partial charge >= 0.3 is 291 Å². The summed E-state index contributed by atoms with van der Waals surface area (Å²) in [7, 11) is 0. The summed E-state index contributed by atoms with van der Waals surface area (Å²) in [5.74, 6) is 0.980. The molecule has 4 aromatic rings. The van der Waals surface area contributed by atoms with Crippen molar-refractivity contribution in [2.75, 3.05) is 0 Å². The summed E-state index contributed by atoms with van der Waals surface area (Å²) in [6.45, 7) is 23.3. The Hall–Kier alpha value is -2.94. The molecule has 0 amide bonds. The summed E-state index contributed by atoms with van der Waals surface area (Å²) < 4.78 is 8.80. The number of aryl methyl sites for hydroxylation is 1. The Kier molecular flexibility index (Phi) is 11.4. The van der Waals surface area contributed by atoms with Crippen molar-refractivity contribution in [3.63, 3.8) is 0 Å². The van der Waals surface area contributed by atoms with Gasteiger partial charge in [0.1, 0.15) is 0 Å². The average Bonchev–Trinajstić information content (AvgIpc) is 3.39. The Balaban J connectivity index is 0.00000270. The minimum atomic E-state index is -2.94. The fourth-order valence-electron chi connectivity index (χ4n) is 7.38. The van der Waals surface area contributed by atoms with E-state index < -0.39 is 17.8 Å². The molecule has 1 unspecified atom stereocenters. The van der Waals surface area contributed by atoms with Crippen molar-refractivity contribution in [2.24, 2.45) is 5.41 Å². The molecule has 2 aliphatic rings. The molecule has 0 spiro atoms. The monoisotopic (exact) mass is 726 g/mol. The van der Waals surface area contributed by atoms with E-state index in [4.69, 9.17) is 3.32 Å². The van der Waals surface area contributed by atoms with E-state index in [1.54, 1.807) is 0 Å². The minimum Gasteiger partial charge on any atom is -0.147 e. The van der Waals surface area contributed by atoms with Crippen molar-refractivity contribution < 1.29 is 21.1 Å². The molecule has 1 atom stereocenters. The van der Waals surface area contributed by atoms with Crippen LogP contribution >= 0.6 is 24.8 Å². The summed E-state index contributed by atoms with van der Waals surface area (Å²) in [6, 6.07) is 35.8. The molecular formula is C45H52Cl2OTi. The molecule has 49 heavy (non-hydrogen) atoms. The number of allylic oxidation sites excluding steroid dienone is 5. The van der Waals surface area contributed by atoms with Crippen LogP contribution in [0.15, 0.2) is 121 Å². The summed E-state index contributed by atoms with van der Waals surface area (Å²) in [6.07, 6.45) is 9.74. The molecule has 0 N–H and O–H groups in total. The van der Waals surface area contributed by atoms with E-state index in [1.165, 1.54) is 53.9 Å². The third-order valence-electron chi connectivity index (χ3n) is 9.85. The summed E-state index contributed by atoms with van der Waals surface area (Å²) >= 11 is -2.94. The standard InChI is InChI=1S/C21H25.C13H10.C11H16O.2ClH.Ti/c1-20(2,3)18-11-7-9-14-15-10-8-12-19(21(4,5)6)17(15)13-16(14)18;1-3-7-12(8-4-1)11-13-9-5-2-6-10-13;1-8-5-9(11(2,3)4)7-10(12)6-8;;;/h7-13H,1-6H3;1-10H;5-7,12H,1-4H3;2*1H;/q;;;;;+1/p-1. The van der Waals surface area contributed by atoms with Gasteiger partial charge in [0.05, 0.1) is 0 Å². The predicted molar refractivity (Wildman–Crippen MR) is 213 cm³/mol. The van der Waals surface area contributed by atoms with Gasteiger partial charge in [0.2, 0.25) is 0 Å². The fourth-order valence-corrected chi connectivity index (χ4v) is 12.5. The molecule has 0 saturated carbocycles. The second-order valence-electron chi connectivity index (χ2n) is 16.4. The van der Waals surface area contributed by atoms with Gasteiger partial charge in [-0.3, -0.25) is 0 Å². The van der Waals surface area contributed by atoms with E-state index in [0.717, 1.165) is 5.75 Å². The predicted octanol–water partition coefficient (Wildman–Crippen LogP) is 12.9. The topological polar surface area (TPSA) is 9.23 Å². The molecule has 0 aromatic heterocycles. The Morgan fingerprint density at radius 3 is 1.80 bits per heavy atom. The molecule has 4 heteroatoms. The zero-order chi connectivity index (χ0) is 33.8. The van der Waals surface area contributed by atoms with E-state index in [2.05, 4.69) is 191 Å². The first-order valence-corrected chi connectivity index (χ1v) is 19.2. The number of fused-ring (bicyclic) bond motifs is 3. The molecular weight excluding hydrogens is 675 g/mol. The smallest absolute Gasteiger partial charge is 0.147 e. The minimum absolute atomic E-state index is 0. The van der Waals surface area contributed by atoms with Gasteiger partial charge < -0.3 is 0 Å². The maximum absolute atomic E-state index is 7.79. The zero-order valence-electron chi connectivity index (χ0n) is 30.8. The Labute approximate surface area is 314 Å². The van der Waals surface area contributed by atoms with E-state index in [1.807, 2.05) is 0 Å². The van der Waals surface area contributed by atoms with Gasteiger partial charge in [-0.15, -0.1) is 24.8 Å². The molecule has 0 radical (unpaired) electrons. The third-order valence-corrected chi connectivity index (χ3v) is 15.1. The van der Waals surface area contributed by atoms with Crippen LogP contribution in [0, 0.1) is 12.3 Å². The Morgan fingerprint density at radius 2 is 1.27 bits per heavy atom. The third kappa shape index (κ3) is 7.29. The normalized spacial score (nSPS) is 16.7. The van der Waals surface area contributed by atoms with E-state index >= 15 is 0 Å². The van der Waals surface area contributed by atoms with Crippen LogP contribution in [0.25, 0.3) is 11.6 Å². The van der Waals surface area contributed by atoms with Crippen molar-refractivity contribution in [1.82, 2.24) is 0 Å². The van der Waals surface area contributed by atoms with Crippen LogP contribution in [-0.4, -0.2) is 3.81 Å². The molecule has 0 saturated heterocycles. The first-order chi connectivity index (χ1) is 22.1. The van der Waals surface area contributed by atoms with Crippen LogP contribution < -0.4 is 3.32 Å². The van der Waals surface area contributed by atoms with Gasteiger partial charge in [-0.2, -0.15) is 0 Å². The summed E-state index contributed by atoms with van der Waals surface area (Å²) in [5.41, 5.74) is 11.8. The number of rotatable bonds is 5. The summed E-state index contributed by atoms with van der Waals surface area (Å²) in [4.78, 5) is 0. The molecule has 4 aromatic carbocycles. The SMILES string of the molecule is Cc1cc([O][Ti](=[C](c2ccccc2)c2ccccc2)[C]2(C(C)(C)C)C=CC=C3C2=Cc2c3cccc2C(C)(C)C)cc(C(C)(C)C)c1.Cl.Cl. The maximum Gasteiger partial charge on any atom is -0.147 e. The van der Waals surface area contributed by atoms with Crippen LogP contribution in [0.1, 0.15) is 101 Å². The van der Waals surface area contributed by atoms with Crippen LogP contribution in [0.5, 0.6) is 5.75 Å². The van der Waals surface area contributed by atoms with Crippen LogP contribution in [0.2, 0.25) is 3.72 Å². The first kappa shape index (κ1) is 38.9. The second-order valence-corrected chi connectivity index (χ2v) is 19.8. The van der Waals surface area contributed by atoms with Gasteiger partial charge in [-0.05, 0) is 0 Å². The van der Waals surface area contributed by atoms with Crippen molar-refractivity contribution >= 4 is 40.3 Å². The van der Waals surface area contributed by atoms with Crippen LogP contribution in [-0.2, 0) is 28.6 Å². The number of halogens is 2. The van der Waals surface area contributed by atoms with Gasteiger partial charge in [-0.1, -0.05) is 0 Å². The first-order valence-electron chi connectivity index (χ1n) is 17.0. The maximum atomic E-state index is 7.79. The van der Waals surface area contributed by atoms with E-state index in [-0.39, 0.29) is 44.8 Å². The number of hydrogen-bond donors (Lipinski definition) is 0. The van der Waals surface area contributed by atoms with Crippen molar-refractivity contribution in [1.29, 1.82) is 0 Å². The van der Waals surface area contributed by atoms with Crippen LogP contribution in [0.3, 0.4) is 0 Å². The van der Waals surface area contributed by atoms with Crippen LogP contribution in [0.4, 0.5) is 0 Å². The quantitative estimate of drug-likeness (QED) is 0.186. The number of benzene rings is 4. The largest absolute Gasteiger partial charge is 0.147 e. The van der Waals surface area contributed by atoms with Crippen molar-refractivity contribution in [2.45, 2.75) is 83.8 Å². The molecule has 0 aliphatic heterocycles. The van der Waals surface area contributed by atoms with Crippen molar-refractivity contribution in [3.8, 4) is 5.75 Å². The van der Waals surface area contributed by atoms with E-state index in [9.17, 15) is 0 Å². The molecule has 0 fully saturated rings. The molecule has 256 valence electrons. The molecule has 0 heterocycles. The average molecular weight is 728 g/mol. The molecule has 0 bridgehead atoms. The van der Waals surface area contributed by atoms with Gasteiger partial charge in [0, 0.05) is 0 Å². The Bertz CT molecular complexity index is 1900. The van der Waals surface area contributed by atoms with Gasteiger partial charge in [-0.25, -0.2) is 0 Å². The van der Waals surface area contributed by atoms with Gasteiger partial charge in [0.15, 0.2) is 0 Å². The molecule has 6 rings (SSSR count). The fraction of sp³-hybridized carbons (Fsp3) is 0.311. The Morgan fingerprint density at radius 1 is 0.673 bits per heavy atom. The molecule has 1 nitrogen and oxygen atoms in total. The molecule has 2 aliphatic carbocycles. The number of hydrogen-bond acceptors (Lipinski definition) is 1. The summed E-state index contributed by atoms with van der Waals surface area (Å²) in [5, 5.41) is 0. The zero-order valence-corrected chi connectivity index (χ0v) is 34.0.